The number of hydrogen-bond acceptors (Lipinski definition) is 2. The van der Waals surface area contributed by atoms with Gasteiger partial charge in [-0.05, 0) is 12.1 Å². The van der Waals surface area contributed by atoms with E-state index in [-0.39, 0.29) is 4.47 Å². The molecule has 0 saturated heterocycles. The molecule has 1 aromatic rings. The Hall–Kier alpha value is -1.70. The lowest BCUT2D eigenvalue weighted by Gasteiger charge is -2.16. The van der Waals surface area contributed by atoms with E-state index >= 15 is 0 Å². The highest BCUT2D eigenvalue weighted by molar-refractivity contribution is 9.10. The summed E-state index contributed by atoms with van der Waals surface area (Å²) in [6.07, 6.45) is 0. The summed E-state index contributed by atoms with van der Waals surface area (Å²) in [5, 5.41) is 10.4. The second-order valence-electron chi connectivity index (χ2n) is 3.42. The molecule has 0 saturated carbocycles. The standard InChI is InChI=1S/C10H9BrF2N2O3/c1-15(4-8(16)17)10(18)14-9-6(12)2-5(11)3-7(9)13/h2-3H,4H2,1H3,(H,14,18)(H,16,17). The first kappa shape index (κ1) is 14.4. The van der Waals surface area contributed by atoms with Crippen LogP contribution in [0.3, 0.4) is 0 Å². The highest BCUT2D eigenvalue weighted by Crippen LogP contribution is 2.23. The van der Waals surface area contributed by atoms with Crippen LogP contribution in [0.5, 0.6) is 0 Å². The van der Waals surface area contributed by atoms with Crippen LogP contribution in [0.2, 0.25) is 0 Å². The van der Waals surface area contributed by atoms with Gasteiger partial charge in [-0.25, -0.2) is 13.6 Å². The van der Waals surface area contributed by atoms with Crippen molar-refractivity contribution in [3.8, 4) is 0 Å². The molecule has 0 atom stereocenters. The minimum Gasteiger partial charge on any atom is -0.480 e. The van der Waals surface area contributed by atoms with E-state index < -0.39 is 35.9 Å². The molecule has 0 radical (unpaired) electrons. The summed E-state index contributed by atoms with van der Waals surface area (Å²) in [4.78, 5) is 22.6. The second-order valence-corrected chi connectivity index (χ2v) is 4.34. The normalized spacial score (nSPS) is 10.0. The predicted octanol–water partition coefficient (Wildman–Crippen LogP) is 2.28. The molecule has 1 rings (SSSR count). The van der Waals surface area contributed by atoms with Crippen molar-refractivity contribution in [1.29, 1.82) is 0 Å². The highest BCUT2D eigenvalue weighted by Gasteiger charge is 2.17. The van der Waals surface area contributed by atoms with Crippen molar-refractivity contribution in [1.82, 2.24) is 4.90 Å². The number of carboxylic acids is 1. The van der Waals surface area contributed by atoms with Crippen LogP contribution in [0.1, 0.15) is 0 Å². The van der Waals surface area contributed by atoms with Gasteiger partial charge in [0.15, 0.2) is 11.6 Å². The van der Waals surface area contributed by atoms with Crippen LogP contribution in [0.15, 0.2) is 16.6 Å². The van der Waals surface area contributed by atoms with Crippen molar-refractivity contribution >= 4 is 33.6 Å². The third-order valence-corrected chi connectivity index (χ3v) is 2.42. The number of carboxylic acid groups (broad SMARTS) is 1. The molecular weight excluding hydrogens is 314 g/mol. The van der Waals surface area contributed by atoms with Crippen LogP contribution >= 0.6 is 15.9 Å². The number of hydrogen-bond donors (Lipinski definition) is 2. The smallest absolute Gasteiger partial charge is 0.323 e. The van der Waals surface area contributed by atoms with Gasteiger partial charge in [0.2, 0.25) is 0 Å². The summed E-state index contributed by atoms with van der Waals surface area (Å²) in [5.41, 5.74) is -0.625. The van der Waals surface area contributed by atoms with Gasteiger partial charge in [0, 0.05) is 11.5 Å². The second kappa shape index (κ2) is 5.76. The Bertz CT molecular complexity index is 473. The molecular formula is C10H9BrF2N2O3. The van der Waals surface area contributed by atoms with E-state index in [1.807, 2.05) is 5.32 Å². The predicted molar refractivity (Wildman–Crippen MR) is 63.3 cm³/mol. The summed E-state index contributed by atoms with van der Waals surface area (Å²) in [6.45, 7) is -0.578. The number of amides is 2. The molecule has 0 aromatic heterocycles. The quantitative estimate of drug-likeness (QED) is 0.897. The van der Waals surface area contributed by atoms with Crippen LogP contribution in [-0.4, -0.2) is 35.6 Å². The summed E-state index contributed by atoms with van der Waals surface area (Å²) in [5.74, 6) is -3.15. The van der Waals surface area contributed by atoms with Gasteiger partial charge in [-0.15, -0.1) is 0 Å². The number of carbonyl (C=O) groups excluding carboxylic acids is 1. The molecule has 0 fully saturated rings. The molecule has 0 aliphatic heterocycles. The summed E-state index contributed by atoms with van der Waals surface area (Å²) in [7, 11) is 1.19. The van der Waals surface area contributed by atoms with Gasteiger partial charge in [0.05, 0.1) is 0 Å². The van der Waals surface area contributed by atoms with E-state index in [0.29, 0.717) is 0 Å². The number of urea groups is 1. The van der Waals surface area contributed by atoms with E-state index in [1.54, 1.807) is 0 Å². The minimum absolute atomic E-state index is 0.189. The maximum Gasteiger partial charge on any atom is 0.323 e. The summed E-state index contributed by atoms with van der Waals surface area (Å²) >= 11 is 2.89. The number of aliphatic carboxylic acids is 1. The zero-order chi connectivity index (χ0) is 13.9. The van der Waals surface area contributed by atoms with Crippen LogP contribution in [0.25, 0.3) is 0 Å². The summed E-state index contributed by atoms with van der Waals surface area (Å²) in [6, 6.07) is 1.05. The molecule has 0 aliphatic carbocycles. The van der Waals surface area contributed by atoms with Gasteiger partial charge >= 0.3 is 12.0 Å². The van der Waals surface area contributed by atoms with E-state index in [0.717, 1.165) is 17.0 Å². The molecule has 0 bridgehead atoms. The number of carbonyl (C=O) groups is 2. The Labute approximate surface area is 110 Å². The molecule has 1 aromatic carbocycles. The van der Waals surface area contributed by atoms with E-state index in [1.165, 1.54) is 7.05 Å². The fraction of sp³-hybridized carbons (Fsp3) is 0.200. The molecule has 0 unspecified atom stereocenters. The Balaban J connectivity index is 2.85. The molecule has 0 heterocycles. The molecule has 5 nitrogen and oxygen atoms in total. The largest absolute Gasteiger partial charge is 0.480 e. The van der Waals surface area contributed by atoms with Gasteiger partial charge in [0.25, 0.3) is 0 Å². The Kier molecular flexibility index (Phi) is 4.60. The molecule has 98 valence electrons. The Morgan fingerprint density at radius 1 is 1.39 bits per heavy atom. The first-order valence-corrected chi connectivity index (χ1v) is 5.49. The SMILES string of the molecule is CN(CC(=O)O)C(=O)Nc1c(F)cc(Br)cc1F. The average Bonchev–Trinajstić information content (AvgIpc) is 2.21. The number of nitrogens with zero attached hydrogens (tertiary/aromatic N) is 1. The number of halogens is 3. The first-order valence-electron chi connectivity index (χ1n) is 4.69. The fourth-order valence-electron chi connectivity index (χ4n) is 1.14. The highest BCUT2D eigenvalue weighted by atomic mass is 79.9. The number of rotatable bonds is 3. The van der Waals surface area contributed by atoms with Crippen LogP contribution in [0, 0.1) is 11.6 Å². The lowest BCUT2D eigenvalue weighted by atomic mass is 10.3. The lowest BCUT2D eigenvalue weighted by molar-refractivity contribution is -0.137. The monoisotopic (exact) mass is 322 g/mol. The van der Waals surface area contributed by atoms with Crippen molar-refractivity contribution in [2.75, 3.05) is 18.9 Å². The number of benzene rings is 1. The van der Waals surface area contributed by atoms with Gasteiger partial charge in [-0.1, -0.05) is 15.9 Å². The Morgan fingerprint density at radius 2 is 1.89 bits per heavy atom. The number of nitrogens with one attached hydrogen (secondary N) is 1. The van der Waals surface area contributed by atoms with Crippen LogP contribution in [-0.2, 0) is 4.79 Å². The molecule has 2 amide bonds. The maximum atomic E-state index is 13.4. The molecule has 2 N–H and O–H groups in total. The fourth-order valence-corrected chi connectivity index (χ4v) is 1.54. The van der Waals surface area contributed by atoms with Gasteiger partial charge < -0.3 is 15.3 Å². The lowest BCUT2D eigenvalue weighted by Crippen LogP contribution is -2.35. The van der Waals surface area contributed by atoms with E-state index in [9.17, 15) is 18.4 Å². The van der Waals surface area contributed by atoms with Crippen molar-refractivity contribution in [2.24, 2.45) is 0 Å². The third-order valence-electron chi connectivity index (χ3n) is 1.96. The summed E-state index contributed by atoms with van der Waals surface area (Å²) < 4.78 is 26.9. The van der Waals surface area contributed by atoms with Crippen molar-refractivity contribution in [3.63, 3.8) is 0 Å². The van der Waals surface area contributed by atoms with Gasteiger partial charge in [-0.2, -0.15) is 0 Å². The molecule has 0 aliphatic rings. The van der Waals surface area contributed by atoms with Crippen molar-refractivity contribution < 1.29 is 23.5 Å². The van der Waals surface area contributed by atoms with Gasteiger partial charge in [-0.3, -0.25) is 4.79 Å². The third kappa shape index (κ3) is 3.66. The molecule has 0 spiro atoms. The average molecular weight is 323 g/mol. The first-order chi connectivity index (χ1) is 8.31. The minimum atomic E-state index is -1.23. The van der Waals surface area contributed by atoms with Gasteiger partial charge in [0.1, 0.15) is 12.2 Å². The topological polar surface area (TPSA) is 69.6 Å². The van der Waals surface area contributed by atoms with Crippen LogP contribution in [0.4, 0.5) is 19.3 Å². The zero-order valence-electron chi connectivity index (χ0n) is 9.21. The van der Waals surface area contributed by atoms with Crippen molar-refractivity contribution in [2.45, 2.75) is 0 Å². The number of anilines is 1. The van der Waals surface area contributed by atoms with E-state index in [4.69, 9.17) is 5.11 Å². The molecule has 18 heavy (non-hydrogen) atoms. The molecule has 8 heteroatoms. The maximum absolute atomic E-state index is 13.4. The van der Waals surface area contributed by atoms with Crippen LogP contribution < -0.4 is 5.32 Å². The van der Waals surface area contributed by atoms with Crippen molar-refractivity contribution in [3.05, 3.63) is 28.2 Å². The Morgan fingerprint density at radius 3 is 2.33 bits per heavy atom. The number of likely N-dealkylation sites (N-methyl/N-ethyl adjacent to an activating group) is 1. The zero-order valence-corrected chi connectivity index (χ0v) is 10.8. The van der Waals surface area contributed by atoms with E-state index in [2.05, 4.69) is 15.9 Å².